The first-order chi connectivity index (χ1) is 12.7. The molecule has 2 aromatic carbocycles. The summed E-state index contributed by atoms with van der Waals surface area (Å²) in [6, 6.07) is 20.1. The summed E-state index contributed by atoms with van der Waals surface area (Å²) in [5.41, 5.74) is 2.22. The first-order valence-electron chi connectivity index (χ1n) is 9.09. The number of halogens is 1. The predicted octanol–water partition coefficient (Wildman–Crippen LogP) is 4.34. The molecular formula is C21H25BrN2O2. The van der Waals surface area contributed by atoms with E-state index in [1.54, 1.807) is 0 Å². The first-order valence-corrected chi connectivity index (χ1v) is 9.89. The van der Waals surface area contributed by atoms with Crippen molar-refractivity contribution in [2.75, 3.05) is 19.6 Å². The smallest absolute Gasteiger partial charge is 0.411 e. The van der Waals surface area contributed by atoms with Crippen LogP contribution < -0.4 is 5.32 Å². The van der Waals surface area contributed by atoms with Crippen LogP contribution in [-0.2, 0) is 17.8 Å². The van der Waals surface area contributed by atoms with E-state index in [0.29, 0.717) is 13.2 Å². The van der Waals surface area contributed by atoms with Crippen molar-refractivity contribution in [3.8, 4) is 0 Å². The SMILES string of the molecule is O=C(OCc1ccccc1)N(CCc1ccccc1)C1(Br)CCNCC1. The Kier molecular flexibility index (Phi) is 6.69. The number of carbonyl (C=O) groups excluding carboxylic acids is 1. The number of ether oxygens (including phenoxy) is 1. The van der Waals surface area contributed by atoms with Gasteiger partial charge in [0.1, 0.15) is 11.1 Å². The average Bonchev–Trinajstić information content (AvgIpc) is 2.68. The molecule has 26 heavy (non-hydrogen) atoms. The van der Waals surface area contributed by atoms with Crippen LogP contribution in [0, 0.1) is 0 Å². The summed E-state index contributed by atoms with van der Waals surface area (Å²) in [5.74, 6) is 0. The minimum atomic E-state index is -0.346. The lowest BCUT2D eigenvalue weighted by Gasteiger charge is -2.41. The lowest BCUT2D eigenvalue weighted by molar-refractivity contribution is 0.0666. The molecule has 1 heterocycles. The quantitative estimate of drug-likeness (QED) is 0.562. The van der Waals surface area contributed by atoms with Gasteiger partial charge in [-0.25, -0.2) is 4.79 Å². The number of piperidine rings is 1. The number of nitrogens with zero attached hydrogens (tertiary/aromatic N) is 1. The van der Waals surface area contributed by atoms with Crippen molar-refractivity contribution in [2.24, 2.45) is 0 Å². The number of alkyl halides is 1. The number of nitrogens with one attached hydrogen (secondary N) is 1. The summed E-state index contributed by atoms with van der Waals surface area (Å²) in [6.07, 6.45) is 2.27. The van der Waals surface area contributed by atoms with Gasteiger partial charge in [0.15, 0.2) is 0 Å². The molecule has 1 fully saturated rings. The summed E-state index contributed by atoms with van der Waals surface area (Å²) in [7, 11) is 0. The Bertz CT molecular complexity index is 688. The molecule has 1 aliphatic heterocycles. The molecule has 2 aromatic rings. The molecule has 0 aromatic heterocycles. The van der Waals surface area contributed by atoms with Gasteiger partial charge in [-0.3, -0.25) is 4.90 Å². The Morgan fingerprint density at radius 3 is 2.19 bits per heavy atom. The van der Waals surface area contributed by atoms with Gasteiger partial charge in [0.2, 0.25) is 0 Å². The molecule has 5 heteroatoms. The third kappa shape index (κ3) is 5.08. The van der Waals surface area contributed by atoms with E-state index in [-0.39, 0.29) is 10.5 Å². The van der Waals surface area contributed by atoms with Crippen LogP contribution in [0.1, 0.15) is 24.0 Å². The third-order valence-corrected chi connectivity index (χ3v) is 5.97. The second-order valence-corrected chi connectivity index (χ2v) is 8.07. The van der Waals surface area contributed by atoms with E-state index in [1.807, 2.05) is 53.4 Å². The molecular weight excluding hydrogens is 392 g/mol. The van der Waals surface area contributed by atoms with Gasteiger partial charge in [0.05, 0.1) is 0 Å². The van der Waals surface area contributed by atoms with Crippen molar-refractivity contribution in [1.29, 1.82) is 0 Å². The molecule has 1 saturated heterocycles. The van der Waals surface area contributed by atoms with Crippen LogP contribution in [0.3, 0.4) is 0 Å². The van der Waals surface area contributed by atoms with Crippen LogP contribution in [0.25, 0.3) is 0 Å². The highest BCUT2D eigenvalue weighted by Crippen LogP contribution is 2.33. The highest BCUT2D eigenvalue weighted by molar-refractivity contribution is 9.10. The van der Waals surface area contributed by atoms with Crippen molar-refractivity contribution >= 4 is 22.0 Å². The Hall–Kier alpha value is -1.85. The molecule has 0 unspecified atom stereocenters. The molecule has 1 N–H and O–H groups in total. The maximum atomic E-state index is 12.9. The Morgan fingerprint density at radius 2 is 1.58 bits per heavy atom. The summed E-state index contributed by atoms with van der Waals surface area (Å²) >= 11 is 3.85. The molecule has 0 saturated carbocycles. The van der Waals surface area contributed by atoms with E-state index >= 15 is 0 Å². The zero-order valence-electron chi connectivity index (χ0n) is 14.9. The zero-order valence-corrected chi connectivity index (χ0v) is 16.5. The van der Waals surface area contributed by atoms with Gasteiger partial charge < -0.3 is 10.1 Å². The van der Waals surface area contributed by atoms with Crippen LogP contribution in [0.5, 0.6) is 0 Å². The van der Waals surface area contributed by atoms with Gasteiger partial charge in [-0.1, -0.05) is 76.6 Å². The van der Waals surface area contributed by atoms with E-state index in [4.69, 9.17) is 4.74 Å². The number of rotatable bonds is 6. The highest BCUT2D eigenvalue weighted by atomic mass is 79.9. The van der Waals surface area contributed by atoms with E-state index in [1.165, 1.54) is 5.56 Å². The van der Waals surface area contributed by atoms with Gasteiger partial charge in [-0.15, -0.1) is 0 Å². The van der Waals surface area contributed by atoms with E-state index in [9.17, 15) is 4.79 Å². The molecule has 0 spiro atoms. The minimum Gasteiger partial charge on any atom is -0.445 e. The third-order valence-electron chi connectivity index (χ3n) is 4.75. The van der Waals surface area contributed by atoms with E-state index < -0.39 is 0 Å². The molecule has 1 amide bonds. The highest BCUT2D eigenvalue weighted by Gasteiger charge is 2.39. The van der Waals surface area contributed by atoms with Crippen molar-refractivity contribution in [1.82, 2.24) is 10.2 Å². The Labute approximate surface area is 163 Å². The summed E-state index contributed by atoms with van der Waals surface area (Å²) in [6.45, 7) is 2.70. The van der Waals surface area contributed by atoms with Crippen molar-refractivity contribution < 1.29 is 9.53 Å². The fourth-order valence-electron chi connectivity index (χ4n) is 3.22. The normalized spacial score (nSPS) is 16.0. The second-order valence-electron chi connectivity index (χ2n) is 6.60. The molecule has 138 valence electrons. The number of hydrogen-bond acceptors (Lipinski definition) is 3. The van der Waals surface area contributed by atoms with Crippen LogP contribution >= 0.6 is 15.9 Å². The molecule has 0 radical (unpaired) electrons. The topological polar surface area (TPSA) is 41.6 Å². The molecule has 3 rings (SSSR count). The van der Waals surface area contributed by atoms with Crippen LogP contribution in [0.4, 0.5) is 4.79 Å². The van der Waals surface area contributed by atoms with Gasteiger partial charge >= 0.3 is 6.09 Å². The van der Waals surface area contributed by atoms with E-state index in [0.717, 1.165) is 37.9 Å². The minimum absolute atomic E-state index is 0.261. The lowest BCUT2D eigenvalue weighted by atomic mass is 10.0. The lowest BCUT2D eigenvalue weighted by Crippen LogP contribution is -2.53. The molecule has 0 bridgehead atoms. The van der Waals surface area contributed by atoms with Gasteiger partial charge in [0.25, 0.3) is 0 Å². The van der Waals surface area contributed by atoms with Crippen LogP contribution in [0.15, 0.2) is 60.7 Å². The van der Waals surface area contributed by atoms with Gasteiger partial charge in [-0.05, 0) is 43.5 Å². The molecule has 0 atom stereocenters. The van der Waals surface area contributed by atoms with Crippen LogP contribution in [-0.4, -0.2) is 35.1 Å². The maximum Gasteiger partial charge on any atom is 0.411 e. The van der Waals surface area contributed by atoms with Crippen molar-refractivity contribution in [3.05, 3.63) is 71.8 Å². The number of carbonyl (C=O) groups is 1. The number of benzene rings is 2. The largest absolute Gasteiger partial charge is 0.445 e. The molecule has 4 nitrogen and oxygen atoms in total. The summed E-state index contributed by atoms with van der Waals surface area (Å²) in [4.78, 5) is 14.8. The Morgan fingerprint density at radius 1 is 1.00 bits per heavy atom. The number of hydrogen-bond donors (Lipinski definition) is 1. The zero-order chi connectivity index (χ0) is 18.2. The van der Waals surface area contributed by atoms with Gasteiger partial charge in [0, 0.05) is 6.54 Å². The standard InChI is InChI=1S/C21H25BrN2O2/c22-21(12-14-23-15-13-21)24(16-11-18-7-3-1-4-8-18)20(25)26-17-19-9-5-2-6-10-19/h1-10,23H,11-17H2. The maximum absolute atomic E-state index is 12.9. The van der Waals surface area contributed by atoms with Crippen LogP contribution in [0.2, 0.25) is 0 Å². The number of amides is 1. The fourth-order valence-corrected chi connectivity index (χ4v) is 3.94. The predicted molar refractivity (Wildman–Crippen MR) is 107 cm³/mol. The fraction of sp³-hybridized carbons (Fsp3) is 0.381. The Balaban J connectivity index is 1.67. The summed E-state index contributed by atoms with van der Waals surface area (Å²) < 4.78 is 5.29. The second kappa shape index (κ2) is 9.19. The van der Waals surface area contributed by atoms with Gasteiger partial charge in [-0.2, -0.15) is 0 Å². The average molecular weight is 417 g/mol. The molecule has 0 aliphatic carbocycles. The first kappa shape index (κ1) is 18.9. The van der Waals surface area contributed by atoms with Crippen molar-refractivity contribution in [3.63, 3.8) is 0 Å². The summed E-state index contributed by atoms with van der Waals surface area (Å²) in [5, 5.41) is 3.36. The van der Waals surface area contributed by atoms with Crippen molar-refractivity contribution in [2.45, 2.75) is 30.3 Å². The van der Waals surface area contributed by atoms with E-state index in [2.05, 4.69) is 33.4 Å². The molecule has 1 aliphatic rings. The monoisotopic (exact) mass is 416 g/mol.